The molecule has 1 aliphatic heterocycles. The summed E-state index contributed by atoms with van der Waals surface area (Å²) in [6, 6.07) is 19.1. The van der Waals surface area contributed by atoms with Gasteiger partial charge in [-0.3, -0.25) is 24.3 Å². The summed E-state index contributed by atoms with van der Waals surface area (Å²) in [5.74, 6) is -1.71. The number of carbonyl (C=O) groups is 2. The third kappa shape index (κ3) is 5.55. The molecule has 0 bridgehead atoms. The molecule has 3 N–H and O–H groups in total. The molecule has 1 aliphatic rings. The van der Waals surface area contributed by atoms with E-state index in [1.165, 1.54) is 45.6 Å². The van der Waals surface area contributed by atoms with Gasteiger partial charge < -0.3 is 25.3 Å². The summed E-state index contributed by atoms with van der Waals surface area (Å²) in [5, 5.41) is 13.9. The molecular formula is C31H26N4O8S. The predicted molar refractivity (Wildman–Crippen MR) is 165 cm³/mol. The van der Waals surface area contributed by atoms with Gasteiger partial charge in [-0.1, -0.05) is 24.3 Å². The van der Waals surface area contributed by atoms with Crippen LogP contribution in [0.4, 0.5) is 11.4 Å². The van der Waals surface area contributed by atoms with E-state index in [4.69, 9.17) is 19.9 Å². The lowest BCUT2D eigenvalue weighted by Gasteiger charge is -2.27. The third-order valence-corrected chi connectivity index (χ3v) is 8.06. The first-order chi connectivity index (χ1) is 21.2. The number of carbonyl (C=O) groups excluding carboxylic acids is 2. The molecule has 0 saturated heterocycles. The number of anilines is 1. The Morgan fingerprint density at radius 3 is 2.27 bits per heavy atom. The van der Waals surface area contributed by atoms with Crippen LogP contribution < -0.4 is 35.3 Å². The fourth-order valence-electron chi connectivity index (χ4n) is 4.88. The Labute approximate surface area is 254 Å². The van der Waals surface area contributed by atoms with Crippen LogP contribution in [0.5, 0.6) is 11.5 Å². The number of esters is 1. The van der Waals surface area contributed by atoms with E-state index < -0.39 is 28.3 Å². The Morgan fingerprint density at radius 2 is 1.64 bits per heavy atom. The fourth-order valence-corrected chi connectivity index (χ4v) is 6.06. The van der Waals surface area contributed by atoms with Gasteiger partial charge in [-0.05, 0) is 53.6 Å². The first-order valence-corrected chi connectivity index (χ1v) is 13.9. The van der Waals surface area contributed by atoms with Crippen LogP contribution in [0, 0.1) is 10.1 Å². The van der Waals surface area contributed by atoms with Crippen LogP contribution in [0.3, 0.4) is 0 Å². The molecule has 3 aromatic carbocycles. The van der Waals surface area contributed by atoms with Crippen LogP contribution in [-0.2, 0) is 14.3 Å². The summed E-state index contributed by atoms with van der Waals surface area (Å²) in [6.45, 7) is 0. The molecule has 0 saturated carbocycles. The van der Waals surface area contributed by atoms with E-state index in [1.807, 2.05) is 0 Å². The highest BCUT2D eigenvalue weighted by molar-refractivity contribution is 7.07. The molecule has 1 unspecified atom stereocenters. The minimum Gasteiger partial charge on any atom is -0.497 e. The number of hydrogen-bond donors (Lipinski definition) is 2. The zero-order valence-corrected chi connectivity index (χ0v) is 24.5. The van der Waals surface area contributed by atoms with Crippen molar-refractivity contribution in [3.05, 3.63) is 119 Å². The molecule has 4 aromatic rings. The number of nitrogens with two attached hydrogens (primary N) is 1. The number of ether oxygens (including phenoxy) is 3. The fraction of sp³-hybridized carbons (Fsp3) is 0.129. The Hall–Kier alpha value is -5.69. The van der Waals surface area contributed by atoms with Crippen LogP contribution in [0.15, 0.2) is 83.2 Å². The highest BCUT2D eigenvalue weighted by Gasteiger charge is 2.39. The highest BCUT2D eigenvalue weighted by Crippen LogP contribution is 2.38. The number of benzene rings is 3. The normalized spacial score (nSPS) is 14.6. The lowest BCUT2D eigenvalue weighted by molar-refractivity contribution is -0.384. The Morgan fingerprint density at radius 1 is 0.977 bits per heavy atom. The van der Waals surface area contributed by atoms with Crippen LogP contribution in [-0.4, -0.2) is 42.7 Å². The van der Waals surface area contributed by atoms with Crippen molar-refractivity contribution in [3.63, 3.8) is 0 Å². The van der Waals surface area contributed by atoms with E-state index in [0.29, 0.717) is 22.6 Å². The first-order valence-electron chi connectivity index (χ1n) is 13.1. The van der Waals surface area contributed by atoms with Crippen molar-refractivity contribution in [2.45, 2.75) is 5.92 Å². The number of nitrogens with one attached hydrogen (secondary N) is 1. The molecule has 0 aliphatic carbocycles. The van der Waals surface area contributed by atoms with Crippen molar-refractivity contribution in [1.82, 2.24) is 4.57 Å². The van der Waals surface area contributed by atoms with Gasteiger partial charge in [0.1, 0.15) is 22.0 Å². The number of amides is 1. The minimum atomic E-state index is -1.07. The molecule has 5 rings (SSSR count). The van der Waals surface area contributed by atoms with Gasteiger partial charge >= 0.3 is 5.97 Å². The van der Waals surface area contributed by atoms with Gasteiger partial charge in [0.25, 0.3) is 17.2 Å². The molecule has 1 aromatic heterocycles. The summed E-state index contributed by atoms with van der Waals surface area (Å²) in [4.78, 5) is 51.9. The number of hydrogen-bond acceptors (Lipinski definition) is 10. The largest absolute Gasteiger partial charge is 0.497 e. The number of non-ortho nitro benzene ring substituents is 1. The molecule has 224 valence electrons. The van der Waals surface area contributed by atoms with Gasteiger partial charge in [0.2, 0.25) is 0 Å². The lowest BCUT2D eigenvalue weighted by atomic mass is 9.82. The zero-order valence-electron chi connectivity index (χ0n) is 23.7. The Balaban J connectivity index is 1.81. The maximum atomic E-state index is 14.1. The van der Waals surface area contributed by atoms with Gasteiger partial charge in [0, 0.05) is 17.8 Å². The molecule has 12 nitrogen and oxygen atoms in total. The first kappa shape index (κ1) is 29.8. The summed E-state index contributed by atoms with van der Waals surface area (Å²) in [7, 11) is 4.19. The highest BCUT2D eigenvalue weighted by atomic mass is 32.1. The van der Waals surface area contributed by atoms with E-state index in [-0.39, 0.29) is 37.5 Å². The van der Waals surface area contributed by atoms with Crippen LogP contribution in [0.1, 0.15) is 17.0 Å². The quantitative estimate of drug-likeness (QED) is 0.172. The van der Waals surface area contributed by atoms with Gasteiger partial charge in [0.15, 0.2) is 0 Å². The maximum Gasteiger partial charge on any atom is 0.338 e. The summed E-state index contributed by atoms with van der Waals surface area (Å²) in [5.41, 5.74) is 7.18. The van der Waals surface area contributed by atoms with E-state index >= 15 is 0 Å². The molecule has 1 atom stereocenters. The lowest BCUT2D eigenvalue weighted by Crippen LogP contribution is -2.42. The number of aromatic nitrogens is 1. The Bertz CT molecular complexity index is 2010. The standard InChI is InChI=1S/C31H26N4O8S/c1-41-21-8-4-6-17(14-21)15-23-29(37)34-27(32)25(31(38)43-3)24(18-7-5-9-22(16-18)42-2)26(30(34)44-23)28(36)33-19-10-12-20(13-11-19)35(39)40/h4-16,24H,32H2,1-3H3,(H,33,36)/b23-15+. The van der Waals surface area contributed by atoms with Crippen molar-refractivity contribution in [2.75, 3.05) is 26.6 Å². The Kier molecular flexibility index (Phi) is 8.31. The number of thiazole rings is 1. The molecule has 44 heavy (non-hydrogen) atoms. The number of rotatable bonds is 8. The van der Waals surface area contributed by atoms with Gasteiger partial charge in [0.05, 0.1) is 47.8 Å². The molecule has 1 amide bonds. The molecule has 13 heteroatoms. The number of fused-ring (bicyclic) bond motifs is 1. The van der Waals surface area contributed by atoms with Crippen molar-refractivity contribution >= 4 is 52.1 Å². The molecule has 2 heterocycles. The summed E-state index contributed by atoms with van der Waals surface area (Å²) >= 11 is 1.03. The van der Waals surface area contributed by atoms with Crippen LogP contribution in [0.2, 0.25) is 0 Å². The predicted octanol–water partition coefficient (Wildman–Crippen LogP) is 2.55. The van der Waals surface area contributed by atoms with Crippen molar-refractivity contribution in [3.8, 4) is 11.5 Å². The number of nitro groups is 1. The van der Waals surface area contributed by atoms with E-state index in [2.05, 4.69) is 5.32 Å². The van der Waals surface area contributed by atoms with Crippen LogP contribution in [0.25, 0.3) is 17.5 Å². The van der Waals surface area contributed by atoms with Crippen LogP contribution >= 0.6 is 11.3 Å². The topological polar surface area (TPSA) is 165 Å². The number of nitro benzene ring substituents is 1. The SMILES string of the molecule is COC(=O)C1=C(N)n2c(s/c(=C/c3cccc(OC)c3)c2=O)=C(C(=O)Nc2ccc([N+](=O)[O-])cc2)C1c1cccc(OC)c1. The third-order valence-electron chi connectivity index (χ3n) is 6.95. The monoisotopic (exact) mass is 614 g/mol. The van der Waals surface area contributed by atoms with Crippen molar-refractivity contribution < 1.29 is 28.7 Å². The van der Waals surface area contributed by atoms with Crippen molar-refractivity contribution in [2.24, 2.45) is 5.73 Å². The van der Waals surface area contributed by atoms with E-state index in [0.717, 1.165) is 15.9 Å². The molecule has 0 radical (unpaired) electrons. The van der Waals surface area contributed by atoms with E-state index in [9.17, 15) is 24.5 Å². The van der Waals surface area contributed by atoms with E-state index in [1.54, 1.807) is 54.6 Å². The molecule has 0 fully saturated rings. The smallest absolute Gasteiger partial charge is 0.338 e. The minimum absolute atomic E-state index is 0.0404. The average Bonchev–Trinajstić information content (AvgIpc) is 3.35. The van der Waals surface area contributed by atoms with Crippen molar-refractivity contribution in [1.29, 1.82) is 0 Å². The second kappa shape index (κ2) is 12.3. The number of methoxy groups -OCH3 is 3. The summed E-state index contributed by atoms with van der Waals surface area (Å²) < 4.78 is 17.3. The van der Waals surface area contributed by atoms with Gasteiger partial charge in [-0.15, -0.1) is 11.3 Å². The maximum absolute atomic E-state index is 14.1. The van der Waals surface area contributed by atoms with Gasteiger partial charge in [-0.2, -0.15) is 0 Å². The summed E-state index contributed by atoms with van der Waals surface area (Å²) in [6.07, 6.45) is 1.64. The second-order valence-electron chi connectivity index (χ2n) is 9.50. The molecular weight excluding hydrogens is 588 g/mol. The average molecular weight is 615 g/mol. The van der Waals surface area contributed by atoms with Gasteiger partial charge in [-0.25, -0.2) is 4.79 Å². The number of nitrogens with zero attached hydrogens (tertiary/aromatic N) is 2. The molecule has 0 spiro atoms. The zero-order chi connectivity index (χ0) is 31.5. The second-order valence-corrected chi connectivity index (χ2v) is 10.5.